The van der Waals surface area contributed by atoms with Crippen molar-refractivity contribution >= 4 is 23.3 Å². The molecule has 0 N–H and O–H groups in total. The number of alkyl halides is 3. The highest BCUT2D eigenvalue weighted by atomic mass is 19.4. The van der Waals surface area contributed by atoms with Crippen molar-refractivity contribution in [2.45, 2.75) is 6.18 Å². The first-order chi connectivity index (χ1) is 12.3. The molecular formula is C16H11F4N3O3. The van der Waals surface area contributed by atoms with Gasteiger partial charge in [-0.05, 0) is 30.3 Å². The number of carbonyl (C=O) groups is 2. The van der Waals surface area contributed by atoms with E-state index in [4.69, 9.17) is 0 Å². The second-order valence-electron chi connectivity index (χ2n) is 4.70. The van der Waals surface area contributed by atoms with Crippen LogP contribution in [-0.4, -0.2) is 34.6 Å². The van der Waals surface area contributed by atoms with E-state index >= 15 is 0 Å². The van der Waals surface area contributed by atoms with Gasteiger partial charge < -0.3 is 4.74 Å². The first-order valence-corrected chi connectivity index (χ1v) is 7.05. The van der Waals surface area contributed by atoms with Crippen molar-refractivity contribution in [1.29, 1.82) is 0 Å². The lowest BCUT2D eigenvalue weighted by Gasteiger charge is -2.21. The van der Waals surface area contributed by atoms with Crippen molar-refractivity contribution in [2.75, 3.05) is 11.5 Å². The molecule has 0 fully saturated rings. The zero-order valence-corrected chi connectivity index (χ0v) is 13.0. The number of aromatic nitrogens is 2. The smallest absolute Gasteiger partial charge is 0.442 e. The van der Waals surface area contributed by atoms with Crippen molar-refractivity contribution < 1.29 is 31.9 Å². The number of hydrogen-bond donors (Lipinski definition) is 0. The van der Waals surface area contributed by atoms with Crippen molar-refractivity contribution in [1.82, 2.24) is 9.97 Å². The van der Waals surface area contributed by atoms with Gasteiger partial charge in [0.1, 0.15) is 6.61 Å². The Kier molecular flexibility index (Phi) is 5.99. The Labute approximate surface area is 144 Å². The second-order valence-corrected chi connectivity index (χ2v) is 4.70. The summed E-state index contributed by atoms with van der Waals surface area (Å²) in [6.07, 6.45) is 0.352. The molecule has 136 valence electrons. The van der Waals surface area contributed by atoms with Crippen LogP contribution in [0.2, 0.25) is 0 Å². The summed E-state index contributed by atoms with van der Waals surface area (Å²) >= 11 is 0. The summed E-state index contributed by atoms with van der Waals surface area (Å²) in [6.45, 7) is -1.05. The molecule has 0 unspecified atom stereocenters. The predicted octanol–water partition coefficient (Wildman–Crippen LogP) is 3.10. The second kappa shape index (κ2) is 8.19. The monoisotopic (exact) mass is 369 g/mol. The fraction of sp³-hybridized carbons (Fsp3) is 0.125. The normalized spacial score (nSPS) is 11.8. The van der Waals surface area contributed by atoms with Crippen LogP contribution >= 0.6 is 0 Å². The fourth-order valence-corrected chi connectivity index (χ4v) is 1.83. The van der Waals surface area contributed by atoms with Crippen LogP contribution in [-0.2, 0) is 14.3 Å². The third-order valence-electron chi connectivity index (χ3n) is 2.97. The van der Waals surface area contributed by atoms with Crippen LogP contribution in [0.4, 0.5) is 28.9 Å². The molecule has 0 aromatic carbocycles. The molecular weight excluding hydrogens is 358 g/mol. The molecule has 0 aliphatic heterocycles. The van der Waals surface area contributed by atoms with Gasteiger partial charge in [0.2, 0.25) is 5.83 Å². The van der Waals surface area contributed by atoms with E-state index < -0.39 is 30.5 Å². The van der Waals surface area contributed by atoms with Crippen LogP contribution in [0.3, 0.4) is 0 Å². The minimum atomic E-state index is -5.18. The van der Waals surface area contributed by atoms with Crippen LogP contribution in [0.1, 0.15) is 0 Å². The van der Waals surface area contributed by atoms with E-state index in [9.17, 15) is 27.2 Å². The Hall–Kier alpha value is -3.30. The van der Waals surface area contributed by atoms with Gasteiger partial charge in [0, 0.05) is 24.8 Å². The van der Waals surface area contributed by atoms with Gasteiger partial charge in [-0.2, -0.15) is 13.2 Å². The molecule has 0 aliphatic rings. The lowest BCUT2D eigenvalue weighted by atomic mass is 10.3. The number of ether oxygens (including phenoxy) is 1. The van der Waals surface area contributed by atoms with Crippen molar-refractivity contribution in [3.05, 3.63) is 61.0 Å². The molecule has 0 radical (unpaired) electrons. The highest BCUT2D eigenvalue weighted by molar-refractivity contribution is 6.39. The van der Waals surface area contributed by atoms with Crippen LogP contribution < -0.4 is 4.90 Å². The number of hydrogen-bond acceptors (Lipinski definition) is 5. The van der Waals surface area contributed by atoms with Gasteiger partial charge >= 0.3 is 18.1 Å². The fourth-order valence-electron chi connectivity index (χ4n) is 1.83. The molecule has 10 heteroatoms. The van der Waals surface area contributed by atoms with Gasteiger partial charge in [-0.1, -0.05) is 0 Å². The van der Waals surface area contributed by atoms with Crippen molar-refractivity contribution in [2.24, 2.45) is 0 Å². The SMILES string of the molecule is O=C(OC/C=C(\F)C(F)(F)F)C(=O)N(c1ccncc1)c1ccncc1. The number of rotatable bonds is 4. The molecule has 2 aromatic heterocycles. The van der Waals surface area contributed by atoms with E-state index in [0.717, 1.165) is 4.90 Å². The van der Waals surface area contributed by atoms with E-state index in [-0.39, 0.29) is 17.5 Å². The minimum Gasteiger partial charge on any atom is -0.454 e. The van der Waals surface area contributed by atoms with Gasteiger partial charge in [-0.15, -0.1) is 0 Å². The van der Waals surface area contributed by atoms with Crippen LogP contribution in [0.5, 0.6) is 0 Å². The van der Waals surface area contributed by atoms with Crippen LogP contribution in [0, 0.1) is 0 Å². The van der Waals surface area contributed by atoms with Gasteiger partial charge in [0.05, 0.1) is 11.4 Å². The van der Waals surface area contributed by atoms with Crippen molar-refractivity contribution in [3.8, 4) is 0 Å². The predicted molar refractivity (Wildman–Crippen MR) is 81.8 cm³/mol. The number of nitrogens with zero attached hydrogens (tertiary/aromatic N) is 3. The van der Waals surface area contributed by atoms with E-state index in [2.05, 4.69) is 14.7 Å². The van der Waals surface area contributed by atoms with Crippen LogP contribution in [0.25, 0.3) is 0 Å². The van der Waals surface area contributed by atoms with E-state index in [1.807, 2.05) is 0 Å². The molecule has 1 amide bonds. The lowest BCUT2D eigenvalue weighted by Crippen LogP contribution is -2.34. The molecule has 2 rings (SSSR count). The highest BCUT2D eigenvalue weighted by Gasteiger charge is 2.34. The standard InChI is InChI=1S/C16H11F4N3O3/c17-13(16(18,19)20)5-10-26-15(25)14(24)23(11-1-6-21-7-2-11)12-3-8-22-9-4-12/h1-9H,10H2/b13-5-. The topological polar surface area (TPSA) is 72.4 Å². The molecule has 2 aromatic rings. The molecule has 0 saturated heterocycles. The molecule has 6 nitrogen and oxygen atoms in total. The van der Waals surface area contributed by atoms with E-state index in [0.29, 0.717) is 0 Å². The summed E-state index contributed by atoms with van der Waals surface area (Å²) in [5.41, 5.74) is 0.537. The summed E-state index contributed by atoms with van der Waals surface area (Å²) in [4.78, 5) is 32.8. The number of amides is 1. The zero-order valence-electron chi connectivity index (χ0n) is 13.0. The molecule has 2 heterocycles. The number of halogens is 4. The lowest BCUT2D eigenvalue weighted by molar-refractivity contribution is -0.152. The molecule has 0 bridgehead atoms. The van der Waals surface area contributed by atoms with Crippen LogP contribution in [0.15, 0.2) is 61.0 Å². The van der Waals surface area contributed by atoms with Crippen molar-refractivity contribution in [3.63, 3.8) is 0 Å². The molecule has 0 spiro atoms. The summed E-state index contributed by atoms with van der Waals surface area (Å²) in [7, 11) is 0. The first kappa shape index (κ1) is 19.0. The number of esters is 1. The number of pyridine rings is 2. The van der Waals surface area contributed by atoms with E-state index in [1.165, 1.54) is 49.1 Å². The Morgan fingerprint density at radius 1 is 1.00 bits per heavy atom. The maximum Gasteiger partial charge on any atom is 0.442 e. The van der Waals surface area contributed by atoms with Gasteiger partial charge in [-0.3, -0.25) is 19.7 Å². The third-order valence-corrected chi connectivity index (χ3v) is 2.97. The Morgan fingerprint density at radius 3 is 1.88 bits per heavy atom. The number of allylic oxidation sites excluding steroid dienone is 1. The molecule has 0 aliphatic carbocycles. The summed E-state index contributed by atoms with van der Waals surface area (Å²) in [6, 6.07) is 5.76. The largest absolute Gasteiger partial charge is 0.454 e. The van der Waals surface area contributed by atoms with Gasteiger partial charge in [0.15, 0.2) is 0 Å². The maximum atomic E-state index is 12.7. The molecule has 0 saturated carbocycles. The average Bonchev–Trinajstić information content (AvgIpc) is 2.62. The molecule has 26 heavy (non-hydrogen) atoms. The number of carbonyl (C=O) groups excluding carboxylic acids is 2. The van der Waals surface area contributed by atoms with Gasteiger partial charge in [0.25, 0.3) is 0 Å². The summed E-state index contributed by atoms with van der Waals surface area (Å²) in [5, 5.41) is 0. The summed E-state index contributed by atoms with van der Waals surface area (Å²) in [5.74, 6) is -5.05. The Morgan fingerprint density at radius 2 is 1.46 bits per heavy atom. The summed E-state index contributed by atoms with van der Waals surface area (Å²) < 4.78 is 53.2. The zero-order chi connectivity index (χ0) is 19.2. The highest BCUT2D eigenvalue weighted by Crippen LogP contribution is 2.26. The Bertz CT molecular complexity index is 756. The van der Waals surface area contributed by atoms with Gasteiger partial charge in [-0.25, -0.2) is 9.18 Å². The number of anilines is 2. The molecule has 0 atom stereocenters. The maximum absolute atomic E-state index is 12.7. The third kappa shape index (κ3) is 4.85. The average molecular weight is 369 g/mol. The first-order valence-electron chi connectivity index (χ1n) is 7.05. The Balaban J connectivity index is 2.18. The van der Waals surface area contributed by atoms with E-state index in [1.54, 1.807) is 0 Å². The minimum absolute atomic E-state index is 0.0222. The quantitative estimate of drug-likeness (QED) is 0.470.